The number of ether oxygens (including phenoxy) is 1. The number of anilines is 1. The van der Waals surface area contributed by atoms with E-state index in [-0.39, 0.29) is 36.4 Å². The fourth-order valence-electron chi connectivity index (χ4n) is 2.57. The van der Waals surface area contributed by atoms with Crippen molar-refractivity contribution in [2.75, 3.05) is 31.6 Å². The van der Waals surface area contributed by atoms with E-state index in [0.717, 1.165) is 12.8 Å². The first-order valence-corrected chi connectivity index (χ1v) is 8.51. The van der Waals surface area contributed by atoms with Gasteiger partial charge < -0.3 is 26.0 Å². The van der Waals surface area contributed by atoms with E-state index in [1.54, 1.807) is 11.8 Å². The van der Waals surface area contributed by atoms with Crippen LogP contribution in [0.2, 0.25) is 0 Å². The Morgan fingerprint density at radius 1 is 1.31 bits per heavy atom. The molecule has 1 aromatic carbocycles. The van der Waals surface area contributed by atoms with E-state index < -0.39 is 0 Å². The quantitative estimate of drug-likeness (QED) is 0.538. The highest BCUT2D eigenvalue weighted by Gasteiger charge is 2.23. The molecular weight excluding hydrogens is 341 g/mol. The van der Waals surface area contributed by atoms with Crippen LogP contribution in [0.1, 0.15) is 19.8 Å². The number of likely N-dealkylation sites (tertiary alicyclic amines) is 1. The first-order chi connectivity index (χ1) is 12.5. The third-order valence-electron chi connectivity index (χ3n) is 3.89. The number of aliphatic imine (C=N–C) groups is 1. The Morgan fingerprint density at radius 2 is 1.96 bits per heavy atom. The van der Waals surface area contributed by atoms with E-state index in [0.29, 0.717) is 25.4 Å². The molecule has 1 aliphatic rings. The van der Waals surface area contributed by atoms with Crippen molar-refractivity contribution in [3.05, 3.63) is 30.1 Å². The van der Waals surface area contributed by atoms with Gasteiger partial charge in [0.05, 0.1) is 6.61 Å². The van der Waals surface area contributed by atoms with Crippen LogP contribution in [0.5, 0.6) is 0 Å². The van der Waals surface area contributed by atoms with Crippen LogP contribution >= 0.6 is 0 Å². The molecule has 1 fully saturated rings. The second kappa shape index (κ2) is 9.59. The van der Waals surface area contributed by atoms with E-state index in [2.05, 4.69) is 15.6 Å². The number of guanidine groups is 1. The zero-order valence-corrected chi connectivity index (χ0v) is 14.7. The Kier molecular flexibility index (Phi) is 7.19. The summed E-state index contributed by atoms with van der Waals surface area (Å²) in [5.74, 6) is -0.546. The summed E-state index contributed by atoms with van der Waals surface area (Å²) in [6.45, 7) is 3.15. The number of rotatable bonds is 5. The van der Waals surface area contributed by atoms with Gasteiger partial charge in [0.1, 0.15) is 12.4 Å². The number of piperidine rings is 1. The normalized spacial score (nSPS) is 15.5. The molecule has 142 valence electrons. The lowest BCUT2D eigenvalue weighted by Crippen LogP contribution is -2.48. The maximum absolute atomic E-state index is 12.8. The number of halogens is 1. The van der Waals surface area contributed by atoms with E-state index in [9.17, 15) is 14.0 Å². The Bertz CT molecular complexity index is 642. The van der Waals surface area contributed by atoms with Gasteiger partial charge in [-0.15, -0.1) is 0 Å². The van der Waals surface area contributed by atoms with Crippen LogP contribution in [0.15, 0.2) is 29.3 Å². The zero-order chi connectivity index (χ0) is 18.9. The van der Waals surface area contributed by atoms with Crippen LogP contribution in [-0.4, -0.2) is 55.1 Å². The van der Waals surface area contributed by atoms with Crippen molar-refractivity contribution >= 4 is 23.6 Å². The van der Waals surface area contributed by atoms with Crippen molar-refractivity contribution in [3.8, 4) is 0 Å². The molecule has 2 rings (SSSR count). The Balaban J connectivity index is 1.72. The van der Waals surface area contributed by atoms with Crippen LogP contribution in [-0.2, 0) is 9.53 Å². The minimum absolute atomic E-state index is 0.0876. The van der Waals surface area contributed by atoms with Crippen molar-refractivity contribution in [1.82, 2.24) is 10.2 Å². The van der Waals surface area contributed by atoms with Gasteiger partial charge in [-0.3, -0.25) is 4.79 Å². The molecule has 1 aromatic rings. The van der Waals surface area contributed by atoms with Crippen molar-refractivity contribution < 1.29 is 18.7 Å². The molecule has 0 atom stereocenters. The Hall–Kier alpha value is -2.84. The van der Waals surface area contributed by atoms with E-state index in [1.807, 2.05) is 0 Å². The average Bonchev–Trinajstić information content (AvgIpc) is 2.63. The number of hydrogen-bond acceptors (Lipinski definition) is 4. The van der Waals surface area contributed by atoms with Gasteiger partial charge in [0.2, 0.25) is 5.91 Å². The fourth-order valence-corrected chi connectivity index (χ4v) is 2.57. The molecule has 9 heteroatoms. The van der Waals surface area contributed by atoms with Gasteiger partial charge in [0.15, 0.2) is 5.96 Å². The molecule has 0 unspecified atom stereocenters. The molecule has 1 saturated heterocycles. The van der Waals surface area contributed by atoms with Gasteiger partial charge >= 0.3 is 6.09 Å². The molecule has 1 aliphatic heterocycles. The molecule has 26 heavy (non-hydrogen) atoms. The highest BCUT2D eigenvalue weighted by molar-refractivity contribution is 5.93. The summed E-state index contributed by atoms with van der Waals surface area (Å²) in [5.41, 5.74) is 6.30. The number of carbonyl (C=O) groups is 2. The first kappa shape index (κ1) is 19.5. The maximum atomic E-state index is 12.8. The molecule has 0 saturated carbocycles. The lowest BCUT2D eigenvalue weighted by atomic mass is 10.1. The zero-order valence-electron chi connectivity index (χ0n) is 14.7. The average molecular weight is 365 g/mol. The van der Waals surface area contributed by atoms with Crippen LogP contribution in [0.4, 0.5) is 14.9 Å². The van der Waals surface area contributed by atoms with Gasteiger partial charge in [0.25, 0.3) is 0 Å². The predicted octanol–water partition coefficient (Wildman–Crippen LogP) is 1.29. The van der Waals surface area contributed by atoms with Gasteiger partial charge in [-0.1, -0.05) is 0 Å². The van der Waals surface area contributed by atoms with Gasteiger partial charge in [-0.2, -0.15) is 0 Å². The lowest BCUT2D eigenvalue weighted by molar-refractivity contribution is -0.114. The van der Waals surface area contributed by atoms with Crippen molar-refractivity contribution in [1.29, 1.82) is 0 Å². The maximum Gasteiger partial charge on any atom is 0.409 e. The summed E-state index contributed by atoms with van der Waals surface area (Å²) < 4.78 is 17.8. The van der Waals surface area contributed by atoms with Crippen molar-refractivity contribution in [2.24, 2.45) is 10.7 Å². The van der Waals surface area contributed by atoms with Crippen molar-refractivity contribution in [2.45, 2.75) is 25.8 Å². The molecule has 8 nitrogen and oxygen atoms in total. The largest absolute Gasteiger partial charge is 0.450 e. The second-order valence-corrected chi connectivity index (χ2v) is 5.86. The molecule has 0 spiro atoms. The minimum atomic E-state index is -0.372. The molecule has 2 amide bonds. The first-order valence-electron chi connectivity index (χ1n) is 8.51. The standard InChI is InChI=1S/C17H24FN5O3/c1-2-26-17(25)23-9-7-14(8-10-23)22-16(19)20-11-15(24)21-13-5-3-12(18)4-6-13/h3-6,14H,2,7-11H2,1H3,(H,21,24)(H3,19,20,22). The third kappa shape index (κ3) is 6.23. The molecule has 0 radical (unpaired) electrons. The summed E-state index contributed by atoms with van der Waals surface area (Å²) in [5, 5.41) is 5.66. The second-order valence-electron chi connectivity index (χ2n) is 5.86. The highest BCUT2D eigenvalue weighted by atomic mass is 19.1. The van der Waals surface area contributed by atoms with Gasteiger partial charge in [0, 0.05) is 24.8 Å². The topological polar surface area (TPSA) is 109 Å². The van der Waals surface area contributed by atoms with E-state index in [4.69, 9.17) is 10.5 Å². The molecule has 0 bridgehead atoms. The van der Waals surface area contributed by atoms with Crippen LogP contribution < -0.4 is 16.4 Å². The molecule has 0 aliphatic carbocycles. The fraction of sp³-hybridized carbons (Fsp3) is 0.471. The predicted molar refractivity (Wildman–Crippen MR) is 96.3 cm³/mol. The molecule has 4 N–H and O–H groups in total. The number of nitrogens with one attached hydrogen (secondary N) is 2. The van der Waals surface area contributed by atoms with Crippen LogP contribution in [0.25, 0.3) is 0 Å². The monoisotopic (exact) mass is 365 g/mol. The third-order valence-corrected chi connectivity index (χ3v) is 3.89. The number of nitrogens with zero attached hydrogens (tertiary/aromatic N) is 2. The lowest BCUT2D eigenvalue weighted by Gasteiger charge is -2.31. The van der Waals surface area contributed by atoms with E-state index in [1.165, 1.54) is 24.3 Å². The minimum Gasteiger partial charge on any atom is -0.450 e. The Labute approximate surface area is 151 Å². The van der Waals surface area contributed by atoms with Crippen LogP contribution in [0, 0.1) is 5.82 Å². The van der Waals surface area contributed by atoms with Crippen LogP contribution in [0.3, 0.4) is 0 Å². The smallest absolute Gasteiger partial charge is 0.409 e. The van der Waals surface area contributed by atoms with Gasteiger partial charge in [-0.05, 0) is 44.0 Å². The van der Waals surface area contributed by atoms with Gasteiger partial charge in [-0.25, -0.2) is 14.2 Å². The molecule has 0 aromatic heterocycles. The number of amides is 2. The summed E-state index contributed by atoms with van der Waals surface area (Å²) in [7, 11) is 0. The summed E-state index contributed by atoms with van der Waals surface area (Å²) in [6.07, 6.45) is 1.14. The van der Waals surface area contributed by atoms with E-state index >= 15 is 0 Å². The summed E-state index contributed by atoms with van der Waals surface area (Å²) in [4.78, 5) is 29.1. The number of hydrogen-bond donors (Lipinski definition) is 3. The summed E-state index contributed by atoms with van der Waals surface area (Å²) >= 11 is 0. The number of carbonyl (C=O) groups excluding carboxylic acids is 2. The highest BCUT2D eigenvalue weighted by Crippen LogP contribution is 2.11. The SMILES string of the molecule is CCOC(=O)N1CCC(NC(N)=NCC(=O)Nc2ccc(F)cc2)CC1. The van der Waals surface area contributed by atoms with Crippen molar-refractivity contribution in [3.63, 3.8) is 0 Å². The number of benzene rings is 1. The molecular formula is C17H24FN5O3. The molecule has 1 heterocycles. The number of nitrogens with two attached hydrogens (primary N) is 1. The summed E-state index contributed by atoms with van der Waals surface area (Å²) in [6, 6.07) is 5.55. The Morgan fingerprint density at radius 3 is 2.58 bits per heavy atom.